The summed E-state index contributed by atoms with van der Waals surface area (Å²) in [4.78, 5) is 29.9. The first-order chi connectivity index (χ1) is 9.36. The third-order valence-electron chi connectivity index (χ3n) is 2.35. The van der Waals surface area contributed by atoms with Crippen molar-refractivity contribution in [2.24, 2.45) is 0 Å². The lowest BCUT2D eigenvalue weighted by Crippen LogP contribution is -2.20. The summed E-state index contributed by atoms with van der Waals surface area (Å²) in [5.41, 5.74) is 0.893. The molecule has 6 heteroatoms. The van der Waals surface area contributed by atoms with Gasteiger partial charge in [0.25, 0.3) is 0 Å². The van der Waals surface area contributed by atoms with Gasteiger partial charge in [-0.05, 0) is 25.5 Å². The van der Waals surface area contributed by atoms with Crippen LogP contribution in [-0.2, 0) is 9.53 Å². The second-order valence-electron chi connectivity index (χ2n) is 4.41. The maximum atomic E-state index is 12.4. The van der Waals surface area contributed by atoms with Crippen LogP contribution in [0.1, 0.15) is 22.8 Å². The van der Waals surface area contributed by atoms with Crippen LogP contribution in [0.3, 0.4) is 0 Å². The van der Waals surface area contributed by atoms with Gasteiger partial charge in [0.05, 0.1) is 12.2 Å². The lowest BCUT2D eigenvalue weighted by atomic mass is 10.0. The van der Waals surface area contributed by atoms with Crippen molar-refractivity contribution >= 4 is 23.4 Å². The molecule has 108 valence electrons. The number of pyridine rings is 1. The minimum Gasteiger partial charge on any atom is -0.462 e. The van der Waals surface area contributed by atoms with E-state index in [9.17, 15) is 9.59 Å². The number of aromatic nitrogens is 1. The molecule has 0 aliphatic heterocycles. The number of hydrogen-bond acceptors (Lipinski definition) is 5. The Balaban J connectivity index is 3.24. The number of aryl methyl sites for hydroxylation is 1. The van der Waals surface area contributed by atoms with E-state index in [1.165, 1.54) is 6.20 Å². The van der Waals surface area contributed by atoms with Crippen LogP contribution in [0.5, 0.6) is 0 Å². The molecule has 0 N–H and O–H groups in total. The van der Waals surface area contributed by atoms with Crippen LogP contribution < -0.4 is 0 Å². The second-order valence-corrected chi connectivity index (χ2v) is 4.77. The number of carbonyl (C=O) groups is 2. The minimum absolute atomic E-state index is 0.0644. The summed E-state index contributed by atoms with van der Waals surface area (Å²) in [6.45, 7) is 3.66. The molecule has 0 spiro atoms. The number of halogens is 1. The third-order valence-corrected chi connectivity index (χ3v) is 2.65. The number of rotatable bonds is 5. The van der Waals surface area contributed by atoms with Crippen LogP contribution >= 0.6 is 11.6 Å². The maximum absolute atomic E-state index is 12.4. The summed E-state index contributed by atoms with van der Waals surface area (Å²) in [6.07, 6.45) is 2.97. The summed E-state index contributed by atoms with van der Waals surface area (Å²) in [5, 5.41) is 0.0644. The highest BCUT2D eigenvalue weighted by molar-refractivity contribution is 6.36. The summed E-state index contributed by atoms with van der Waals surface area (Å²) < 4.78 is 4.90. The van der Waals surface area contributed by atoms with Gasteiger partial charge in [0, 0.05) is 26.5 Å². The molecule has 0 fully saturated rings. The van der Waals surface area contributed by atoms with Crippen LogP contribution in [0.15, 0.2) is 24.0 Å². The van der Waals surface area contributed by atoms with Gasteiger partial charge >= 0.3 is 5.97 Å². The van der Waals surface area contributed by atoms with Gasteiger partial charge in [0.15, 0.2) is 0 Å². The first-order valence-electron chi connectivity index (χ1n) is 6.09. The Labute approximate surface area is 123 Å². The first kappa shape index (κ1) is 16.2. The van der Waals surface area contributed by atoms with Crippen molar-refractivity contribution in [1.29, 1.82) is 0 Å². The van der Waals surface area contributed by atoms with Crippen molar-refractivity contribution in [3.05, 3.63) is 40.3 Å². The number of nitrogens with zero attached hydrogens (tertiary/aromatic N) is 2. The van der Waals surface area contributed by atoms with Crippen LogP contribution in [0.2, 0.25) is 5.15 Å². The van der Waals surface area contributed by atoms with Crippen molar-refractivity contribution in [3.8, 4) is 0 Å². The highest BCUT2D eigenvalue weighted by Crippen LogP contribution is 2.19. The first-order valence-corrected chi connectivity index (χ1v) is 6.46. The molecule has 1 heterocycles. The van der Waals surface area contributed by atoms with Crippen LogP contribution in [0.4, 0.5) is 0 Å². The van der Waals surface area contributed by atoms with Crippen molar-refractivity contribution in [2.75, 3.05) is 20.7 Å². The van der Waals surface area contributed by atoms with E-state index >= 15 is 0 Å². The Morgan fingerprint density at radius 2 is 2.10 bits per heavy atom. The predicted molar refractivity (Wildman–Crippen MR) is 76.7 cm³/mol. The number of carbonyl (C=O) groups excluding carboxylic acids is 2. The number of hydrogen-bond donors (Lipinski definition) is 0. The second kappa shape index (κ2) is 7.05. The Hall–Kier alpha value is -1.88. The summed E-state index contributed by atoms with van der Waals surface area (Å²) >= 11 is 5.93. The van der Waals surface area contributed by atoms with Gasteiger partial charge in [-0.3, -0.25) is 4.79 Å². The van der Waals surface area contributed by atoms with E-state index in [1.54, 1.807) is 45.1 Å². The van der Waals surface area contributed by atoms with Gasteiger partial charge in [-0.15, -0.1) is 0 Å². The predicted octanol–water partition coefficient (Wildman–Crippen LogP) is 2.23. The van der Waals surface area contributed by atoms with E-state index < -0.39 is 11.8 Å². The van der Waals surface area contributed by atoms with E-state index in [4.69, 9.17) is 16.3 Å². The molecule has 0 bridgehead atoms. The molecule has 0 amide bonds. The fraction of sp³-hybridized carbons (Fsp3) is 0.357. The fourth-order valence-corrected chi connectivity index (χ4v) is 1.72. The summed E-state index contributed by atoms with van der Waals surface area (Å²) in [6, 6.07) is 1.60. The van der Waals surface area contributed by atoms with E-state index in [-0.39, 0.29) is 22.9 Å². The third kappa shape index (κ3) is 4.06. The lowest BCUT2D eigenvalue weighted by Gasteiger charge is -2.11. The highest BCUT2D eigenvalue weighted by Gasteiger charge is 2.24. The lowest BCUT2D eigenvalue weighted by molar-refractivity contribution is -0.138. The monoisotopic (exact) mass is 296 g/mol. The van der Waals surface area contributed by atoms with Gasteiger partial charge in [-0.1, -0.05) is 11.6 Å². The van der Waals surface area contributed by atoms with E-state index in [1.807, 2.05) is 0 Å². The highest BCUT2D eigenvalue weighted by atomic mass is 35.5. The van der Waals surface area contributed by atoms with Crippen LogP contribution in [-0.4, -0.2) is 42.3 Å². The number of ether oxygens (including phenoxy) is 1. The molecule has 1 aromatic heterocycles. The molecule has 0 aliphatic rings. The molecule has 0 saturated carbocycles. The van der Waals surface area contributed by atoms with Crippen molar-refractivity contribution in [2.45, 2.75) is 13.8 Å². The molecule has 0 unspecified atom stereocenters. The van der Waals surface area contributed by atoms with E-state index in [2.05, 4.69) is 4.98 Å². The Bertz CT molecular complexity index is 553. The molecule has 0 saturated heterocycles. The zero-order valence-corrected chi connectivity index (χ0v) is 12.7. The molecule has 0 radical (unpaired) electrons. The molecule has 0 aliphatic carbocycles. The Morgan fingerprint density at radius 3 is 2.65 bits per heavy atom. The largest absolute Gasteiger partial charge is 0.462 e. The average molecular weight is 297 g/mol. The van der Waals surface area contributed by atoms with Gasteiger partial charge < -0.3 is 9.64 Å². The number of esters is 1. The molecule has 20 heavy (non-hydrogen) atoms. The van der Waals surface area contributed by atoms with Crippen molar-refractivity contribution in [3.63, 3.8) is 0 Å². The van der Waals surface area contributed by atoms with Crippen molar-refractivity contribution < 1.29 is 14.3 Å². The van der Waals surface area contributed by atoms with Gasteiger partial charge in [-0.2, -0.15) is 0 Å². The topological polar surface area (TPSA) is 59.5 Å². The fourth-order valence-electron chi connectivity index (χ4n) is 1.53. The van der Waals surface area contributed by atoms with Crippen LogP contribution in [0.25, 0.3) is 0 Å². The quantitative estimate of drug-likeness (QED) is 0.208. The van der Waals surface area contributed by atoms with Gasteiger partial charge in [0.2, 0.25) is 5.78 Å². The molecule has 0 atom stereocenters. The number of Topliss-reactive ketones (excluding diaryl/α,β-unsaturated/α-hetero) is 1. The van der Waals surface area contributed by atoms with E-state index in [0.29, 0.717) is 0 Å². The molecular formula is C14H17ClN2O3. The maximum Gasteiger partial charge on any atom is 0.343 e. The molecule has 5 nitrogen and oxygen atoms in total. The van der Waals surface area contributed by atoms with Crippen LogP contribution in [0, 0.1) is 6.92 Å². The smallest absolute Gasteiger partial charge is 0.343 e. The standard InChI is InChI=1S/C14H17ClN2O3/c1-5-20-14(19)11(8-17(3)4)12(18)10-6-9(2)7-16-13(10)15/h6-8H,5H2,1-4H3/b11-8-. The summed E-state index contributed by atoms with van der Waals surface area (Å²) in [5.74, 6) is -1.18. The van der Waals surface area contributed by atoms with Gasteiger partial charge in [0.1, 0.15) is 10.7 Å². The molecule has 0 aromatic carbocycles. The zero-order chi connectivity index (χ0) is 15.3. The van der Waals surface area contributed by atoms with Gasteiger partial charge in [-0.25, -0.2) is 9.78 Å². The Morgan fingerprint density at radius 1 is 1.45 bits per heavy atom. The van der Waals surface area contributed by atoms with E-state index in [0.717, 1.165) is 5.56 Å². The van der Waals surface area contributed by atoms with Crippen molar-refractivity contribution in [1.82, 2.24) is 9.88 Å². The average Bonchev–Trinajstić information content (AvgIpc) is 2.38. The summed E-state index contributed by atoms with van der Waals surface area (Å²) in [7, 11) is 3.42. The molecular weight excluding hydrogens is 280 g/mol. The molecule has 1 aromatic rings. The number of ketones is 1. The zero-order valence-electron chi connectivity index (χ0n) is 11.9. The molecule has 1 rings (SSSR count). The minimum atomic E-state index is -0.677. The normalized spacial score (nSPS) is 11.2. The Kier molecular flexibility index (Phi) is 5.70. The SMILES string of the molecule is CCOC(=O)/C(=C\N(C)C)C(=O)c1cc(C)cnc1Cl.